The van der Waals surface area contributed by atoms with Crippen molar-refractivity contribution in [2.24, 2.45) is 5.73 Å². The summed E-state index contributed by atoms with van der Waals surface area (Å²) < 4.78 is 0. The number of amides is 1. The normalized spacial score (nSPS) is 12.1. The van der Waals surface area contributed by atoms with Gasteiger partial charge in [0.15, 0.2) is 0 Å². The minimum Gasteiger partial charge on any atom is -0.481 e. The number of aliphatic carboxylic acids is 1. The monoisotopic (exact) mass is 202 g/mol. The van der Waals surface area contributed by atoms with Gasteiger partial charge in [-0.25, -0.2) is 0 Å². The van der Waals surface area contributed by atoms with Crippen LogP contribution in [0.5, 0.6) is 0 Å². The summed E-state index contributed by atoms with van der Waals surface area (Å²) in [6.45, 7) is 2.33. The first kappa shape index (κ1) is 12.9. The van der Waals surface area contributed by atoms with Crippen molar-refractivity contribution in [2.75, 3.05) is 6.54 Å². The number of carbonyl (C=O) groups is 2. The first-order valence-corrected chi connectivity index (χ1v) is 4.83. The van der Waals surface area contributed by atoms with Gasteiger partial charge in [0, 0.05) is 13.0 Å². The highest BCUT2D eigenvalue weighted by molar-refractivity contribution is 5.81. The van der Waals surface area contributed by atoms with E-state index in [1.807, 2.05) is 6.92 Å². The molecule has 0 aromatic carbocycles. The Morgan fingerprint density at radius 1 is 1.50 bits per heavy atom. The maximum Gasteiger partial charge on any atom is 0.303 e. The van der Waals surface area contributed by atoms with E-state index in [0.717, 1.165) is 6.42 Å². The summed E-state index contributed by atoms with van der Waals surface area (Å²) in [6, 6.07) is -0.468. The van der Waals surface area contributed by atoms with Gasteiger partial charge in [0.25, 0.3) is 0 Å². The molecule has 0 radical (unpaired) electrons. The fourth-order valence-electron chi connectivity index (χ4n) is 1.02. The molecule has 0 spiro atoms. The van der Waals surface area contributed by atoms with Crippen LogP contribution in [0.2, 0.25) is 0 Å². The Morgan fingerprint density at radius 2 is 2.14 bits per heavy atom. The van der Waals surface area contributed by atoms with Crippen molar-refractivity contribution in [2.45, 2.75) is 38.6 Å². The number of hydrogen-bond donors (Lipinski definition) is 3. The highest BCUT2D eigenvalue weighted by atomic mass is 16.4. The molecule has 1 atom stereocenters. The molecule has 1 unspecified atom stereocenters. The van der Waals surface area contributed by atoms with Gasteiger partial charge in [-0.05, 0) is 12.8 Å². The molecule has 0 aromatic rings. The quantitative estimate of drug-likeness (QED) is 0.510. The second-order valence-corrected chi connectivity index (χ2v) is 3.18. The number of nitrogens with two attached hydrogens (primary N) is 1. The number of hydrogen-bond acceptors (Lipinski definition) is 3. The van der Waals surface area contributed by atoms with Crippen LogP contribution in [0.1, 0.15) is 32.6 Å². The van der Waals surface area contributed by atoms with Crippen molar-refractivity contribution in [3.05, 3.63) is 0 Å². The summed E-state index contributed by atoms with van der Waals surface area (Å²) in [5, 5.41) is 10.9. The van der Waals surface area contributed by atoms with Gasteiger partial charge in [0.05, 0.1) is 6.04 Å². The average molecular weight is 202 g/mol. The number of carboxylic acids is 1. The van der Waals surface area contributed by atoms with Gasteiger partial charge in [-0.1, -0.05) is 13.3 Å². The molecule has 0 aromatic heterocycles. The van der Waals surface area contributed by atoms with Gasteiger partial charge in [-0.3, -0.25) is 9.59 Å². The Labute approximate surface area is 83.7 Å². The average Bonchev–Trinajstić information content (AvgIpc) is 2.12. The number of carbonyl (C=O) groups excluding carboxylic acids is 1. The smallest absolute Gasteiger partial charge is 0.303 e. The van der Waals surface area contributed by atoms with Gasteiger partial charge in [0.1, 0.15) is 0 Å². The van der Waals surface area contributed by atoms with E-state index in [-0.39, 0.29) is 12.3 Å². The maximum atomic E-state index is 11.2. The van der Waals surface area contributed by atoms with Crippen LogP contribution < -0.4 is 11.1 Å². The maximum absolute atomic E-state index is 11.2. The third kappa shape index (κ3) is 6.42. The lowest BCUT2D eigenvalue weighted by molar-refractivity contribution is -0.137. The standard InChI is InChI=1S/C9H18N2O3/c1-2-4-7(10)9(14)11-6-3-5-8(12)13/h7H,2-6,10H2,1H3,(H,11,14)(H,12,13). The third-order valence-electron chi connectivity index (χ3n) is 1.80. The molecule has 0 aliphatic carbocycles. The molecule has 0 bridgehead atoms. The molecule has 0 aliphatic heterocycles. The van der Waals surface area contributed by atoms with Crippen molar-refractivity contribution in [3.63, 3.8) is 0 Å². The summed E-state index contributed by atoms with van der Waals surface area (Å²) in [4.78, 5) is 21.3. The molecule has 5 heteroatoms. The molecule has 1 amide bonds. The summed E-state index contributed by atoms with van der Waals surface area (Å²) >= 11 is 0. The van der Waals surface area contributed by atoms with Crippen molar-refractivity contribution in [1.82, 2.24) is 5.32 Å². The van der Waals surface area contributed by atoms with Crippen molar-refractivity contribution >= 4 is 11.9 Å². The van der Waals surface area contributed by atoms with Crippen LogP contribution in [0.4, 0.5) is 0 Å². The summed E-state index contributed by atoms with van der Waals surface area (Å²) in [7, 11) is 0. The molecule has 0 saturated carbocycles. The third-order valence-corrected chi connectivity index (χ3v) is 1.80. The first-order valence-electron chi connectivity index (χ1n) is 4.83. The summed E-state index contributed by atoms with van der Waals surface area (Å²) in [5.41, 5.74) is 5.54. The summed E-state index contributed by atoms with van der Waals surface area (Å²) in [6.07, 6.45) is 2.04. The number of carboxylic acid groups (broad SMARTS) is 1. The van der Waals surface area contributed by atoms with Crippen LogP contribution in [0.15, 0.2) is 0 Å². The molecule has 0 saturated heterocycles. The molecule has 0 rings (SSSR count). The summed E-state index contributed by atoms with van der Waals surface area (Å²) in [5.74, 6) is -1.05. The van der Waals surface area contributed by atoms with Crippen LogP contribution in [-0.4, -0.2) is 29.6 Å². The molecular formula is C9H18N2O3. The fourth-order valence-corrected chi connectivity index (χ4v) is 1.02. The van der Waals surface area contributed by atoms with Gasteiger partial charge in [-0.15, -0.1) is 0 Å². The van der Waals surface area contributed by atoms with E-state index in [1.54, 1.807) is 0 Å². The molecular weight excluding hydrogens is 184 g/mol. The van der Waals surface area contributed by atoms with Gasteiger partial charge in [0.2, 0.25) is 5.91 Å². The second-order valence-electron chi connectivity index (χ2n) is 3.18. The van der Waals surface area contributed by atoms with Crippen molar-refractivity contribution in [1.29, 1.82) is 0 Å². The zero-order valence-electron chi connectivity index (χ0n) is 8.45. The van der Waals surface area contributed by atoms with E-state index in [9.17, 15) is 9.59 Å². The molecule has 0 heterocycles. The molecule has 4 N–H and O–H groups in total. The zero-order chi connectivity index (χ0) is 11.0. The predicted octanol–water partition coefficient (Wildman–Crippen LogP) is 0.0948. The first-order chi connectivity index (χ1) is 6.57. The van der Waals surface area contributed by atoms with E-state index in [1.165, 1.54) is 0 Å². The lowest BCUT2D eigenvalue weighted by atomic mass is 10.1. The molecule has 14 heavy (non-hydrogen) atoms. The highest BCUT2D eigenvalue weighted by Gasteiger charge is 2.10. The Morgan fingerprint density at radius 3 is 2.64 bits per heavy atom. The SMILES string of the molecule is CCCC(N)C(=O)NCCCC(=O)O. The van der Waals surface area contributed by atoms with Crippen LogP contribution >= 0.6 is 0 Å². The van der Waals surface area contributed by atoms with Gasteiger partial charge in [-0.2, -0.15) is 0 Å². The Balaban J connectivity index is 3.48. The lowest BCUT2D eigenvalue weighted by Gasteiger charge is -2.10. The molecule has 0 aliphatic rings. The van der Waals surface area contributed by atoms with Crippen LogP contribution in [0.3, 0.4) is 0 Å². The van der Waals surface area contributed by atoms with E-state index in [0.29, 0.717) is 19.4 Å². The minimum absolute atomic E-state index is 0.0727. The largest absolute Gasteiger partial charge is 0.481 e. The lowest BCUT2D eigenvalue weighted by Crippen LogP contribution is -2.40. The topological polar surface area (TPSA) is 92.4 Å². The van der Waals surface area contributed by atoms with E-state index >= 15 is 0 Å². The molecule has 5 nitrogen and oxygen atoms in total. The van der Waals surface area contributed by atoms with Gasteiger partial charge < -0.3 is 16.2 Å². The van der Waals surface area contributed by atoms with Gasteiger partial charge >= 0.3 is 5.97 Å². The van der Waals surface area contributed by atoms with Crippen LogP contribution in [-0.2, 0) is 9.59 Å². The predicted molar refractivity (Wildman–Crippen MR) is 52.8 cm³/mol. The Hall–Kier alpha value is -1.10. The van der Waals surface area contributed by atoms with E-state index in [4.69, 9.17) is 10.8 Å². The van der Waals surface area contributed by atoms with Crippen LogP contribution in [0.25, 0.3) is 0 Å². The van der Waals surface area contributed by atoms with Crippen molar-refractivity contribution < 1.29 is 14.7 Å². The number of nitrogens with one attached hydrogen (secondary N) is 1. The van der Waals surface area contributed by atoms with E-state index in [2.05, 4.69) is 5.32 Å². The van der Waals surface area contributed by atoms with Crippen molar-refractivity contribution in [3.8, 4) is 0 Å². The Kier molecular flexibility index (Phi) is 6.74. The second kappa shape index (κ2) is 7.32. The Bertz CT molecular complexity index is 194. The van der Waals surface area contributed by atoms with E-state index < -0.39 is 12.0 Å². The molecule has 82 valence electrons. The molecule has 0 fully saturated rings. The number of rotatable bonds is 7. The fraction of sp³-hybridized carbons (Fsp3) is 0.778. The minimum atomic E-state index is -0.850. The highest BCUT2D eigenvalue weighted by Crippen LogP contribution is 1.93. The van der Waals surface area contributed by atoms with Crippen LogP contribution in [0, 0.1) is 0 Å². The zero-order valence-corrected chi connectivity index (χ0v) is 8.45.